The maximum absolute atomic E-state index is 9.29. The Labute approximate surface area is 136 Å². The Morgan fingerprint density at radius 1 is 0.913 bits per heavy atom. The lowest BCUT2D eigenvalue weighted by atomic mass is 9.99. The number of nitrogens with zero attached hydrogens (tertiary/aromatic N) is 1. The molecule has 1 aliphatic carbocycles. The van der Waals surface area contributed by atoms with Crippen LogP contribution in [0.3, 0.4) is 0 Å². The Hall–Kier alpha value is -2.36. The Bertz CT molecular complexity index is 689. The maximum Gasteiger partial charge on any atom is 0.0681 e. The molecule has 23 heavy (non-hydrogen) atoms. The van der Waals surface area contributed by atoms with Gasteiger partial charge < -0.3 is 15.1 Å². The number of hydrogen-bond acceptors (Lipinski definition) is 3. The van der Waals surface area contributed by atoms with Crippen molar-refractivity contribution in [2.45, 2.75) is 13.0 Å². The zero-order valence-electron chi connectivity index (χ0n) is 13.0. The van der Waals surface area contributed by atoms with Crippen molar-refractivity contribution in [3.63, 3.8) is 0 Å². The van der Waals surface area contributed by atoms with Crippen molar-refractivity contribution in [2.24, 2.45) is 5.92 Å². The molecule has 3 heteroatoms. The van der Waals surface area contributed by atoms with E-state index in [2.05, 4.69) is 35.3 Å². The summed E-state index contributed by atoms with van der Waals surface area (Å²) in [5.74, 6) is 0.202. The standard InChI is InChI=1S/C20H21NO2/c22-14-16-6-10-19(11-7-16)21(18-4-2-1-3-5-18)20-12-8-17(15-23)9-13-20/h1-8,10-13,17,22-23H,9,14-15H2. The highest BCUT2D eigenvalue weighted by atomic mass is 16.3. The first-order valence-electron chi connectivity index (χ1n) is 7.86. The number of hydrogen-bond donors (Lipinski definition) is 2. The van der Waals surface area contributed by atoms with Gasteiger partial charge >= 0.3 is 0 Å². The fourth-order valence-corrected chi connectivity index (χ4v) is 2.73. The summed E-state index contributed by atoms with van der Waals surface area (Å²) in [6.45, 7) is 0.225. The summed E-state index contributed by atoms with van der Waals surface area (Å²) in [7, 11) is 0. The predicted molar refractivity (Wildman–Crippen MR) is 93.4 cm³/mol. The van der Waals surface area contributed by atoms with Gasteiger partial charge in [0.25, 0.3) is 0 Å². The van der Waals surface area contributed by atoms with E-state index in [9.17, 15) is 10.2 Å². The van der Waals surface area contributed by atoms with E-state index in [4.69, 9.17) is 0 Å². The molecule has 1 aliphatic rings. The van der Waals surface area contributed by atoms with E-state index in [1.807, 2.05) is 42.5 Å². The Kier molecular flexibility index (Phi) is 4.91. The van der Waals surface area contributed by atoms with E-state index in [1.165, 1.54) is 0 Å². The fraction of sp³-hybridized carbons (Fsp3) is 0.200. The lowest BCUT2D eigenvalue weighted by molar-refractivity contribution is 0.253. The van der Waals surface area contributed by atoms with E-state index in [1.54, 1.807) is 0 Å². The first-order valence-corrected chi connectivity index (χ1v) is 7.86. The van der Waals surface area contributed by atoms with E-state index in [-0.39, 0.29) is 19.1 Å². The average molecular weight is 307 g/mol. The first-order chi connectivity index (χ1) is 11.3. The third kappa shape index (κ3) is 3.52. The largest absolute Gasteiger partial charge is 0.396 e. The van der Waals surface area contributed by atoms with Gasteiger partial charge in [0, 0.05) is 29.6 Å². The summed E-state index contributed by atoms with van der Waals surface area (Å²) in [5.41, 5.74) is 4.13. The highest BCUT2D eigenvalue weighted by Gasteiger charge is 2.16. The molecule has 1 unspecified atom stereocenters. The van der Waals surface area contributed by atoms with Crippen molar-refractivity contribution in [1.29, 1.82) is 0 Å². The number of anilines is 2. The van der Waals surface area contributed by atoms with Gasteiger partial charge in [-0.05, 0) is 42.3 Å². The fourth-order valence-electron chi connectivity index (χ4n) is 2.73. The van der Waals surface area contributed by atoms with E-state index < -0.39 is 0 Å². The molecule has 0 aromatic heterocycles. The molecule has 0 amide bonds. The van der Waals surface area contributed by atoms with Gasteiger partial charge in [0.15, 0.2) is 0 Å². The summed E-state index contributed by atoms with van der Waals surface area (Å²) in [5, 5.41) is 18.5. The molecule has 2 N–H and O–H groups in total. The molecule has 0 bridgehead atoms. The zero-order chi connectivity index (χ0) is 16.1. The van der Waals surface area contributed by atoms with Crippen LogP contribution in [0.4, 0.5) is 11.4 Å². The number of para-hydroxylation sites is 1. The SMILES string of the molecule is OCc1ccc(N(C2=CCC(CO)C=C2)c2ccccc2)cc1. The Balaban J connectivity index is 1.98. The number of aliphatic hydroxyl groups is 2. The quantitative estimate of drug-likeness (QED) is 0.884. The van der Waals surface area contributed by atoms with Crippen LogP contribution in [0.15, 0.2) is 78.5 Å². The average Bonchev–Trinajstić information content (AvgIpc) is 2.64. The van der Waals surface area contributed by atoms with Gasteiger partial charge in [-0.1, -0.05) is 42.5 Å². The molecule has 0 saturated heterocycles. The lowest BCUT2D eigenvalue weighted by Gasteiger charge is -2.28. The number of benzene rings is 2. The third-order valence-electron chi connectivity index (χ3n) is 4.05. The second-order valence-corrected chi connectivity index (χ2v) is 5.66. The van der Waals surface area contributed by atoms with Gasteiger partial charge in [0.05, 0.1) is 6.61 Å². The number of rotatable bonds is 5. The van der Waals surface area contributed by atoms with E-state index in [0.29, 0.717) is 0 Å². The Morgan fingerprint density at radius 3 is 2.17 bits per heavy atom. The molecule has 0 saturated carbocycles. The minimum Gasteiger partial charge on any atom is -0.396 e. The first kappa shape index (κ1) is 15.5. The Morgan fingerprint density at radius 2 is 1.61 bits per heavy atom. The molecule has 0 heterocycles. The monoisotopic (exact) mass is 307 g/mol. The minimum atomic E-state index is 0.0480. The van der Waals surface area contributed by atoms with Gasteiger partial charge in [0.1, 0.15) is 0 Å². The number of aliphatic hydroxyl groups excluding tert-OH is 2. The van der Waals surface area contributed by atoms with Gasteiger partial charge in [-0.15, -0.1) is 0 Å². The molecule has 118 valence electrons. The highest BCUT2D eigenvalue weighted by Crippen LogP contribution is 2.32. The van der Waals surface area contributed by atoms with Gasteiger partial charge in [-0.25, -0.2) is 0 Å². The summed E-state index contributed by atoms with van der Waals surface area (Å²) < 4.78 is 0. The molecule has 0 radical (unpaired) electrons. The van der Waals surface area contributed by atoms with Crippen molar-refractivity contribution in [3.8, 4) is 0 Å². The summed E-state index contributed by atoms with van der Waals surface area (Å²) >= 11 is 0. The zero-order valence-corrected chi connectivity index (χ0v) is 13.0. The van der Waals surface area contributed by atoms with Crippen LogP contribution < -0.4 is 4.90 Å². The van der Waals surface area contributed by atoms with Crippen molar-refractivity contribution in [1.82, 2.24) is 0 Å². The maximum atomic E-state index is 9.29. The summed E-state index contributed by atoms with van der Waals surface area (Å²) in [4.78, 5) is 2.19. The molecule has 2 aromatic carbocycles. The normalized spacial score (nSPS) is 17.0. The van der Waals surface area contributed by atoms with Crippen LogP contribution in [0, 0.1) is 5.92 Å². The molecule has 1 atom stereocenters. The van der Waals surface area contributed by atoms with Crippen LogP contribution in [-0.4, -0.2) is 16.8 Å². The predicted octanol–water partition coefficient (Wildman–Crippen LogP) is 3.77. The molecule has 2 aromatic rings. The van der Waals surface area contributed by atoms with Gasteiger partial charge in [0.2, 0.25) is 0 Å². The van der Waals surface area contributed by atoms with Crippen molar-refractivity contribution >= 4 is 11.4 Å². The summed E-state index contributed by atoms with van der Waals surface area (Å²) in [6.07, 6.45) is 7.12. The van der Waals surface area contributed by atoms with Gasteiger partial charge in [-0.3, -0.25) is 0 Å². The van der Waals surface area contributed by atoms with Crippen LogP contribution in [0.5, 0.6) is 0 Å². The van der Waals surface area contributed by atoms with Crippen molar-refractivity contribution < 1.29 is 10.2 Å². The third-order valence-corrected chi connectivity index (χ3v) is 4.05. The smallest absolute Gasteiger partial charge is 0.0681 e. The van der Waals surface area contributed by atoms with Crippen LogP contribution in [0.1, 0.15) is 12.0 Å². The van der Waals surface area contributed by atoms with E-state index in [0.717, 1.165) is 29.1 Å². The lowest BCUT2D eigenvalue weighted by Crippen LogP contribution is -2.18. The van der Waals surface area contributed by atoms with Crippen molar-refractivity contribution in [2.75, 3.05) is 11.5 Å². The van der Waals surface area contributed by atoms with Gasteiger partial charge in [-0.2, -0.15) is 0 Å². The molecular weight excluding hydrogens is 286 g/mol. The molecular formula is C20H21NO2. The molecule has 0 fully saturated rings. The molecule has 3 rings (SSSR count). The van der Waals surface area contributed by atoms with Crippen LogP contribution >= 0.6 is 0 Å². The second kappa shape index (κ2) is 7.27. The summed E-state index contributed by atoms with van der Waals surface area (Å²) in [6, 6.07) is 18.1. The molecule has 0 spiro atoms. The van der Waals surface area contributed by atoms with E-state index >= 15 is 0 Å². The number of allylic oxidation sites excluding steroid dienone is 2. The van der Waals surface area contributed by atoms with Crippen LogP contribution in [0.2, 0.25) is 0 Å². The highest BCUT2D eigenvalue weighted by molar-refractivity contribution is 5.70. The topological polar surface area (TPSA) is 43.7 Å². The molecule has 0 aliphatic heterocycles. The minimum absolute atomic E-state index is 0.0480. The van der Waals surface area contributed by atoms with Crippen LogP contribution in [-0.2, 0) is 6.61 Å². The second-order valence-electron chi connectivity index (χ2n) is 5.66. The molecule has 3 nitrogen and oxygen atoms in total. The van der Waals surface area contributed by atoms with Crippen LogP contribution in [0.25, 0.3) is 0 Å². The van der Waals surface area contributed by atoms with Crippen molar-refractivity contribution in [3.05, 3.63) is 84.1 Å².